The van der Waals surface area contributed by atoms with Gasteiger partial charge in [0.05, 0.1) is 0 Å². The Balaban J connectivity index is 0.000000191. The smallest absolute Gasteiger partial charge is 0.0349 e. The molecule has 2 aromatic heterocycles. The van der Waals surface area contributed by atoms with Crippen molar-refractivity contribution < 1.29 is 22.8 Å². The van der Waals surface area contributed by atoms with Crippen LogP contribution in [-0.4, -0.2) is 9.97 Å². The number of aromatic nitrogens is 2. The Morgan fingerprint density at radius 1 is 0.523 bits per heavy atom. The summed E-state index contributed by atoms with van der Waals surface area (Å²) in [5, 5.41) is 0. The van der Waals surface area contributed by atoms with E-state index in [2.05, 4.69) is 46.4 Å². The van der Waals surface area contributed by atoms with Crippen LogP contribution in [0.1, 0.15) is 13.9 Å². The largest absolute Gasteiger partial charge is 0.305 e. The van der Waals surface area contributed by atoms with Gasteiger partial charge in [-0.25, -0.2) is 0 Å². The molecule has 2 nitrogen and oxygen atoms in total. The van der Waals surface area contributed by atoms with Crippen LogP contribution in [0.25, 0.3) is 44.8 Å². The molecule has 215 valence electrons. The van der Waals surface area contributed by atoms with Crippen LogP contribution in [0, 0.1) is 12.1 Å². The van der Waals surface area contributed by atoms with Crippen molar-refractivity contribution >= 4 is 0 Å². The zero-order valence-electron chi connectivity index (χ0n) is 25.9. The Morgan fingerprint density at radius 2 is 1.07 bits per heavy atom. The molecular formula is C41H30IrN2-2. The van der Waals surface area contributed by atoms with Crippen LogP contribution in [0.4, 0.5) is 0 Å². The van der Waals surface area contributed by atoms with Crippen molar-refractivity contribution in [3.05, 3.63) is 193 Å². The molecule has 1 radical (unpaired) electrons. The molecule has 3 heteroatoms. The van der Waals surface area contributed by atoms with Crippen LogP contribution in [0.5, 0.6) is 0 Å². The quantitative estimate of drug-likeness (QED) is 0.159. The summed E-state index contributed by atoms with van der Waals surface area (Å²) in [6.07, 6.45) is 1.89. The van der Waals surface area contributed by atoms with E-state index in [1.807, 2.05) is 133 Å². The molecule has 7 aromatic rings. The van der Waals surface area contributed by atoms with Crippen LogP contribution in [0.3, 0.4) is 0 Å². The zero-order valence-corrected chi connectivity index (χ0v) is 26.3. The van der Waals surface area contributed by atoms with Gasteiger partial charge in [0.2, 0.25) is 0 Å². The molecule has 0 bridgehead atoms. The maximum Gasteiger partial charge on any atom is 0.0349 e. The van der Waals surface area contributed by atoms with Crippen LogP contribution >= 0.6 is 0 Å². The van der Waals surface area contributed by atoms with Gasteiger partial charge in [0.25, 0.3) is 0 Å². The number of benzene rings is 5. The van der Waals surface area contributed by atoms with E-state index in [1.54, 1.807) is 12.4 Å². The van der Waals surface area contributed by atoms with Gasteiger partial charge < -0.3 is 9.97 Å². The van der Waals surface area contributed by atoms with Gasteiger partial charge in [0.15, 0.2) is 0 Å². The molecular weight excluding hydrogens is 713 g/mol. The molecule has 0 aliphatic carbocycles. The van der Waals surface area contributed by atoms with E-state index in [0.717, 1.165) is 33.6 Å². The van der Waals surface area contributed by atoms with Gasteiger partial charge in [-0.1, -0.05) is 126 Å². The van der Waals surface area contributed by atoms with Gasteiger partial charge in [-0.15, -0.1) is 64.7 Å². The van der Waals surface area contributed by atoms with Crippen LogP contribution < -0.4 is 0 Å². The van der Waals surface area contributed by atoms with Gasteiger partial charge >= 0.3 is 0 Å². The second-order valence-electron chi connectivity index (χ2n) is 9.82. The molecule has 2 heterocycles. The Kier molecular flexibility index (Phi) is 9.81. The third kappa shape index (κ3) is 7.90. The fourth-order valence-corrected chi connectivity index (χ4v) is 4.74. The van der Waals surface area contributed by atoms with E-state index >= 15 is 0 Å². The summed E-state index contributed by atoms with van der Waals surface area (Å²) in [5.74, 6) is 0. The molecule has 0 aliphatic rings. The molecule has 0 unspecified atom stereocenters. The number of hydrogen-bond acceptors (Lipinski definition) is 2. The monoisotopic (exact) mass is 745 g/mol. The van der Waals surface area contributed by atoms with E-state index in [0.29, 0.717) is 11.1 Å². The van der Waals surface area contributed by atoms with Crippen LogP contribution in [-0.2, 0) is 26.5 Å². The standard InChI is InChI=1S/C24H18N.C17H12N.Ir/c1-3-9-19(10-4-1)17-22-18-21(24-13-7-8-16-25-24)14-15-23(22)20-11-5-2-6-12-20;1-2-7-14(8-3-1)15-9-6-10-16(13-15)17-11-4-5-12-18-17;/h1-13,15-16,18H,17H2;1-9,11-13H;/q2*-1;/i17D2;;. The van der Waals surface area contributed by atoms with Gasteiger partial charge in [-0.2, -0.15) is 0 Å². The average molecular weight is 745 g/mol. The van der Waals surface area contributed by atoms with E-state index in [1.165, 1.54) is 11.1 Å². The number of pyridine rings is 2. The van der Waals surface area contributed by atoms with Gasteiger partial charge in [-0.05, 0) is 41.0 Å². The molecule has 0 spiro atoms. The maximum atomic E-state index is 8.89. The van der Waals surface area contributed by atoms with Gasteiger partial charge in [0, 0.05) is 35.2 Å². The summed E-state index contributed by atoms with van der Waals surface area (Å²) in [7, 11) is 0. The molecule has 0 saturated heterocycles. The second kappa shape index (κ2) is 15.5. The predicted molar refractivity (Wildman–Crippen MR) is 177 cm³/mol. The van der Waals surface area contributed by atoms with E-state index in [4.69, 9.17) is 2.74 Å². The Hall–Kier alpha value is -4.95. The van der Waals surface area contributed by atoms with Crippen molar-refractivity contribution in [2.75, 3.05) is 0 Å². The summed E-state index contributed by atoms with van der Waals surface area (Å²) in [5.41, 5.74) is 8.98. The third-order valence-electron chi connectivity index (χ3n) is 6.88. The van der Waals surface area contributed by atoms with Gasteiger partial charge in [0.1, 0.15) is 0 Å². The molecule has 0 atom stereocenters. The molecule has 7 rings (SSSR count). The summed E-state index contributed by atoms with van der Waals surface area (Å²) >= 11 is 0. The first-order valence-electron chi connectivity index (χ1n) is 15.2. The van der Waals surface area contributed by atoms with Crippen molar-refractivity contribution in [1.29, 1.82) is 0 Å². The fourth-order valence-electron chi connectivity index (χ4n) is 4.74. The molecule has 44 heavy (non-hydrogen) atoms. The topological polar surface area (TPSA) is 25.8 Å². The van der Waals surface area contributed by atoms with Gasteiger partial charge in [-0.3, -0.25) is 0 Å². The normalized spacial score (nSPS) is 11.2. The molecule has 0 N–H and O–H groups in total. The number of rotatable bonds is 6. The fraction of sp³-hybridized carbons (Fsp3) is 0.0244. The van der Waals surface area contributed by atoms with Crippen molar-refractivity contribution in [3.8, 4) is 44.8 Å². The second-order valence-corrected chi connectivity index (χ2v) is 9.82. The minimum absolute atomic E-state index is 0. The first-order valence-corrected chi connectivity index (χ1v) is 14.2. The zero-order chi connectivity index (χ0) is 30.9. The van der Waals surface area contributed by atoms with Crippen LogP contribution in [0.2, 0.25) is 0 Å². The van der Waals surface area contributed by atoms with Crippen molar-refractivity contribution in [3.63, 3.8) is 0 Å². The summed E-state index contributed by atoms with van der Waals surface area (Å²) in [6, 6.07) is 57.5. The summed E-state index contributed by atoms with van der Waals surface area (Å²) in [4.78, 5) is 8.75. The Bertz CT molecular complexity index is 1900. The van der Waals surface area contributed by atoms with Crippen LogP contribution in [0.15, 0.2) is 170 Å². The average Bonchev–Trinajstić information content (AvgIpc) is 3.13. The summed E-state index contributed by atoms with van der Waals surface area (Å²) < 4.78 is 17.8. The van der Waals surface area contributed by atoms with Crippen molar-refractivity contribution in [1.82, 2.24) is 9.97 Å². The van der Waals surface area contributed by atoms with Crippen molar-refractivity contribution in [2.24, 2.45) is 0 Å². The molecule has 0 aliphatic heterocycles. The molecule has 0 fully saturated rings. The maximum absolute atomic E-state index is 8.89. The third-order valence-corrected chi connectivity index (χ3v) is 6.88. The molecule has 5 aromatic carbocycles. The molecule has 0 amide bonds. The van der Waals surface area contributed by atoms with E-state index in [9.17, 15) is 0 Å². The number of nitrogens with zero attached hydrogens (tertiary/aromatic N) is 2. The minimum Gasteiger partial charge on any atom is -0.305 e. The number of hydrogen-bond donors (Lipinski definition) is 0. The SMILES string of the molecule is [2H]C([2H])(c1ccccc1)c1cc(-c2ccccn2)[c-]cc1-c1ccccc1.[Ir].[c-]1ccc(-c2ccccc2)cc1-c1ccccn1. The van der Waals surface area contributed by atoms with E-state index in [-0.39, 0.29) is 20.1 Å². The summed E-state index contributed by atoms with van der Waals surface area (Å²) in [6.45, 7) is 0. The molecule has 0 saturated carbocycles. The first kappa shape index (κ1) is 27.9. The Labute approximate surface area is 276 Å². The minimum atomic E-state index is -1.65. The van der Waals surface area contributed by atoms with Crippen molar-refractivity contribution in [2.45, 2.75) is 6.37 Å². The Morgan fingerprint density at radius 3 is 1.66 bits per heavy atom. The van der Waals surface area contributed by atoms with E-state index < -0.39 is 6.37 Å². The first-order chi connectivity index (χ1) is 22.1. The predicted octanol–water partition coefficient (Wildman–Crippen LogP) is 10.0.